The Morgan fingerprint density at radius 2 is 2.11 bits per heavy atom. The van der Waals surface area contributed by atoms with Gasteiger partial charge in [-0.2, -0.15) is 5.26 Å². The molecule has 0 radical (unpaired) electrons. The Balaban J connectivity index is 2.16. The molecule has 0 spiro atoms. The molecule has 8 heteroatoms. The number of methoxy groups -OCH3 is 1. The molecule has 0 aliphatic heterocycles. The number of benzene rings is 2. The van der Waals surface area contributed by atoms with E-state index in [0.717, 1.165) is 5.69 Å². The molecule has 0 unspecified atom stereocenters. The van der Waals surface area contributed by atoms with Gasteiger partial charge in [-0.1, -0.05) is 11.6 Å². The van der Waals surface area contributed by atoms with Crippen molar-refractivity contribution in [2.45, 2.75) is 0 Å². The van der Waals surface area contributed by atoms with E-state index in [1.165, 1.54) is 18.3 Å². The highest BCUT2D eigenvalue weighted by atomic mass is 35.5. The molecule has 0 aliphatic carbocycles. The molecule has 2 N–H and O–H groups in total. The molecular weight excluding hydrogens is 390 g/mol. The smallest absolute Gasteiger partial charge is 0.144 e. The summed E-state index contributed by atoms with van der Waals surface area (Å²) in [5, 5.41) is 16.5. The molecule has 0 aliphatic rings. The lowest BCUT2D eigenvalue weighted by atomic mass is 10.1. The van der Waals surface area contributed by atoms with Crippen LogP contribution >= 0.6 is 23.2 Å². The highest BCUT2D eigenvalue weighted by Crippen LogP contribution is 2.36. The maximum absolute atomic E-state index is 13.4. The van der Waals surface area contributed by atoms with Gasteiger partial charge in [0.05, 0.1) is 34.6 Å². The summed E-state index contributed by atoms with van der Waals surface area (Å²) in [6.07, 6.45) is 1.47. The van der Waals surface area contributed by atoms with Crippen LogP contribution in [0.1, 0.15) is 5.56 Å². The van der Waals surface area contributed by atoms with E-state index in [1.807, 2.05) is 6.07 Å². The highest BCUT2D eigenvalue weighted by Gasteiger charge is 2.14. The van der Waals surface area contributed by atoms with Gasteiger partial charge in [-0.25, -0.2) is 4.39 Å². The summed E-state index contributed by atoms with van der Waals surface area (Å²) in [6, 6.07) is 10.00. The van der Waals surface area contributed by atoms with E-state index in [4.69, 9.17) is 27.9 Å². The molecule has 0 amide bonds. The van der Waals surface area contributed by atoms with Crippen LogP contribution in [0.5, 0.6) is 5.75 Å². The molecule has 1 heterocycles. The number of nitrogens with zero attached hydrogens (tertiary/aromatic N) is 2. The summed E-state index contributed by atoms with van der Waals surface area (Å²) in [5.74, 6) is 0.525. The fraction of sp³-hybridized carbons (Fsp3) is 0.158. The second-order valence-corrected chi connectivity index (χ2v) is 6.38. The number of hydrogen-bond donors (Lipinski definition) is 2. The number of fused-ring (bicyclic) bond motifs is 1. The minimum Gasteiger partial charge on any atom is -0.495 e. The first-order valence-corrected chi connectivity index (χ1v) is 8.91. The lowest BCUT2D eigenvalue weighted by Crippen LogP contribution is -2.05. The number of anilines is 3. The van der Waals surface area contributed by atoms with Crippen molar-refractivity contribution in [3.05, 3.63) is 52.9 Å². The molecule has 1 aromatic heterocycles. The van der Waals surface area contributed by atoms with Gasteiger partial charge in [-0.3, -0.25) is 4.98 Å². The van der Waals surface area contributed by atoms with Crippen molar-refractivity contribution < 1.29 is 9.13 Å². The molecule has 27 heavy (non-hydrogen) atoms. The van der Waals surface area contributed by atoms with Crippen LogP contribution in [-0.4, -0.2) is 24.5 Å². The minimum absolute atomic E-state index is 0.0111. The second-order valence-electron chi connectivity index (χ2n) is 5.60. The number of nitriles is 1. The van der Waals surface area contributed by atoms with Crippen molar-refractivity contribution in [1.82, 2.24) is 4.98 Å². The third-order valence-corrected chi connectivity index (χ3v) is 4.39. The Bertz CT molecular complexity index is 1040. The van der Waals surface area contributed by atoms with Crippen molar-refractivity contribution in [2.75, 3.05) is 30.2 Å². The van der Waals surface area contributed by atoms with E-state index in [-0.39, 0.29) is 5.02 Å². The number of aromatic nitrogens is 1. The van der Waals surface area contributed by atoms with Crippen molar-refractivity contribution in [2.24, 2.45) is 0 Å². The topological polar surface area (TPSA) is 70.0 Å². The first-order valence-electron chi connectivity index (χ1n) is 8.00. The van der Waals surface area contributed by atoms with E-state index < -0.39 is 5.82 Å². The maximum atomic E-state index is 13.4. The van der Waals surface area contributed by atoms with Gasteiger partial charge in [0.2, 0.25) is 0 Å². The van der Waals surface area contributed by atoms with Gasteiger partial charge in [0.15, 0.2) is 0 Å². The van der Waals surface area contributed by atoms with E-state index in [1.54, 1.807) is 19.2 Å². The Labute approximate surface area is 165 Å². The monoisotopic (exact) mass is 404 g/mol. The minimum atomic E-state index is -0.514. The van der Waals surface area contributed by atoms with Gasteiger partial charge in [0, 0.05) is 35.8 Å². The van der Waals surface area contributed by atoms with Gasteiger partial charge in [0.25, 0.3) is 0 Å². The Hall–Kier alpha value is -2.75. The summed E-state index contributed by atoms with van der Waals surface area (Å²) in [4.78, 5) is 4.33. The lowest BCUT2D eigenvalue weighted by molar-refractivity contribution is 0.417. The number of alkyl halides is 1. The molecule has 0 saturated carbocycles. The number of halogens is 3. The van der Waals surface area contributed by atoms with Gasteiger partial charge >= 0.3 is 0 Å². The Morgan fingerprint density at radius 1 is 1.30 bits per heavy atom. The molecule has 0 bridgehead atoms. The van der Waals surface area contributed by atoms with Gasteiger partial charge in [-0.05, 0) is 24.3 Å². The molecule has 0 atom stereocenters. The molecule has 2 aromatic carbocycles. The van der Waals surface area contributed by atoms with Crippen molar-refractivity contribution in [3.63, 3.8) is 0 Å². The summed E-state index contributed by atoms with van der Waals surface area (Å²) < 4.78 is 18.8. The van der Waals surface area contributed by atoms with E-state index in [9.17, 15) is 9.65 Å². The van der Waals surface area contributed by atoms with Crippen LogP contribution in [0.3, 0.4) is 0 Å². The Kier molecular flexibility index (Phi) is 5.84. The van der Waals surface area contributed by atoms with Crippen LogP contribution in [0.2, 0.25) is 5.02 Å². The normalized spacial score (nSPS) is 10.5. The highest BCUT2D eigenvalue weighted by molar-refractivity contribution is 6.31. The summed E-state index contributed by atoms with van der Waals surface area (Å²) in [6.45, 7) is 0.547. The van der Waals surface area contributed by atoms with Crippen LogP contribution in [0, 0.1) is 17.1 Å². The predicted molar refractivity (Wildman–Crippen MR) is 107 cm³/mol. The zero-order valence-corrected chi connectivity index (χ0v) is 15.8. The zero-order valence-electron chi connectivity index (χ0n) is 14.3. The van der Waals surface area contributed by atoms with E-state index in [0.29, 0.717) is 46.0 Å². The van der Waals surface area contributed by atoms with Crippen molar-refractivity contribution in [3.8, 4) is 11.8 Å². The molecular formula is C19H15Cl2FN4O. The third kappa shape index (κ3) is 4.00. The molecule has 0 fully saturated rings. The van der Waals surface area contributed by atoms with Crippen LogP contribution < -0.4 is 15.4 Å². The second kappa shape index (κ2) is 8.30. The SMILES string of the molecule is COc1cc2ncc(C#N)c(Nc3ccc(F)c(Cl)c3)c2cc1NCCCl. The zero-order chi connectivity index (χ0) is 19.4. The molecule has 3 aromatic rings. The molecule has 0 saturated heterocycles. The van der Waals surface area contributed by atoms with Gasteiger partial charge in [0.1, 0.15) is 17.6 Å². The number of ether oxygens (including phenoxy) is 1. The quantitative estimate of drug-likeness (QED) is 0.545. The van der Waals surface area contributed by atoms with Crippen LogP contribution in [0.25, 0.3) is 10.9 Å². The first kappa shape index (κ1) is 19.0. The molecule has 138 valence electrons. The van der Waals surface area contributed by atoms with E-state index in [2.05, 4.69) is 21.7 Å². The van der Waals surface area contributed by atoms with Gasteiger partial charge in [-0.15, -0.1) is 11.6 Å². The number of pyridine rings is 1. The van der Waals surface area contributed by atoms with E-state index >= 15 is 0 Å². The molecule has 5 nitrogen and oxygen atoms in total. The van der Waals surface area contributed by atoms with Crippen molar-refractivity contribution >= 4 is 51.2 Å². The van der Waals surface area contributed by atoms with Crippen LogP contribution in [-0.2, 0) is 0 Å². The third-order valence-electron chi connectivity index (χ3n) is 3.91. The van der Waals surface area contributed by atoms with Crippen LogP contribution in [0.4, 0.5) is 21.5 Å². The number of rotatable bonds is 6. The summed E-state index contributed by atoms with van der Waals surface area (Å²) in [5.41, 5.74) is 2.80. The lowest BCUT2D eigenvalue weighted by Gasteiger charge is -2.15. The summed E-state index contributed by atoms with van der Waals surface area (Å²) >= 11 is 11.6. The average molecular weight is 405 g/mol. The predicted octanol–water partition coefficient (Wildman–Crippen LogP) is 5.30. The average Bonchev–Trinajstić information content (AvgIpc) is 2.68. The van der Waals surface area contributed by atoms with Crippen molar-refractivity contribution in [1.29, 1.82) is 5.26 Å². The van der Waals surface area contributed by atoms with Crippen LogP contribution in [0.15, 0.2) is 36.5 Å². The molecule has 3 rings (SSSR count). The number of nitrogens with one attached hydrogen (secondary N) is 2. The fourth-order valence-corrected chi connectivity index (χ4v) is 2.92. The standard InChI is InChI=1S/C19H15Cl2FN4O/c1-27-18-8-16-13(7-17(18)24-5-4-20)19(11(9-23)10-25-16)26-12-2-3-15(22)14(21)6-12/h2-3,6-8,10,24H,4-5H2,1H3,(H,25,26). The maximum Gasteiger partial charge on any atom is 0.144 e. The summed E-state index contributed by atoms with van der Waals surface area (Å²) in [7, 11) is 1.57. The Morgan fingerprint density at radius 3 is 2.78 bits per heavy atom. The fourth-order valence-electron chi connectivity index (χ4n) is 2.65. The largest absolute Gasteiger partial charge is 0.495 e. The number of hydrogen-bond acceptors (Lipinski definition) is 5. The first-order chi connectivity index (χ1) is 13.1. The van der Waals surface area contributed by atoms with Gasteiger partial charge < -0.3 is 15.4 Å².